The number of hydrogen-bond donors (Lipinski definition) is 2. The van der Waals surface area contributed by atoms with Crippen molar-refractivity contribution in [1.29, 1.82) is 0 Å². The molecule has 0 amide bonds. The first-order chi connectivity index (χ1) is 17.6. The minimum Gasteiger partial charge on any atom is -0.486 e. The Morgan fingerprint density at radius 3 is 2.46 bits per heavy atom. The van der Waals surface area contributed by atoms with Crippen LogP contribution in [-0.2, 0) is 17.4 Å². The van der Waals surface area contributed by atoms with E-state index in [0.717, 1.165) is 6.07 Å². The maximum absolute atomic E-state index is 15.2. The molecule has 0 saturated heterocycles. The molecular weight excluding hydrogens is 492 g/mol. The lowest BCUT2D eigenvalue weighted by atomic mass is 9.93. The Labute approximate surface area is 210 Å². The van der Waals surface area contributed by atoms with Crippen LogP contribution in [0.4, 0.5) is 17.6 Å². The van der Waals surface area contributed by atoms with Crippen molar-refractivity contribution in [2.45, 2.75) is 19.5 Å². The topological polar surface area (TPSA) is 76.0 Å². The number of carboxylic acid groups (broad SMARTS) is 1. The summed E-state index contributed by atoms with van der Waals surface area (Å²) < 4.78 is 67.1. The molecule has 4 rings (SSSR count). The predicted molar refractivity (Wildman–Crippen MR) is 130 cm³/mol. The Morgan fingerprint density at radius 2 is 1.76 bits per heavy atom. The van der Waals surface area contributed by atoms with Crippen molar-refractivity contribution in [3.05, 3.63) is 82.2 Å². The van der Waals surface area contributed by atoms with Gasteiger partial charge >= 0.3 is 12.1 Å². The molecule has 0 aromatic heterocycles. The molecule has 1 heterocycles. The summed E-state index contributed by atoms with van der Waals surface area (Å²) >= 11 is 0. The number of halogens is 4. The smallest absolute Gasteiger partial charge is 0.416 e. The highest BCUT2D eigenvalue weighted by atomic mass is 19.4. The van der Waals surface area contributed by atoms with Crippen LogP contribution < -0.4 is 9.47 Å². The molecule has 3 aromatic carbocycles. The number of aliphatic hydroxyl groups excluding tert-OH is 1. The van der Waals surface area contributed by atoms with Gasteiger partial charge in [0.1, 0.15) is 13.2 Å². The number of hydrogen-bond acceptors (Lipinski definition) is 4. The zero-order valence-electron chi connectivity index (χ0n) is 19.8. The molecule has 2 N–H and O–H groups in total. The molecule has 0 radical (unpaired) electrons. The number of benzene rings is 3. The first-order valence-electron chi connectivity index (χ1n) is 11.5. The number of aliphatic hydroxyl groups is 1. The van der Waals surface area contributed by atoms with Gasteiger partial charge in [0.15, 0.2) is 17.3 Å². The fourth-order valence-corrected chi connectivity index (χ4v) is 4.24. The molecule has 1 aliphatic rings. The Kier molecular flexibility index (Phi) is 7.54. The van der Waals surface area contributed by atoms with Gasteiger partial charge in [0.2, 0.25) is 0 Å². The van der Waals surface area contributed by atoms with Gasteiger partial charge in [-0.3, -0.25) is 4.79 Å². The summed E-state index contributed by atoms with van der Waals surface area (Å²) in [5.41, 5.74) is 1.36. The van der Waals surface area contributed by atoms with Crippen molar-refractivity contribution in [3.8, 4) is 22.6 Å². The molecule has 194 valence electrons. The SMILES string of the molecule is Cc1c(/C=C/c2cc(CC(CO)C(=O)O)ccc2C(F)(F)F)cccc1-c1ccc2c(c1F)OCCO2. The number of rotatable bonds is 7. The molecule has 1 atom stereocenters. The van der Waals surface area contributed by atoms with Gasteiger partial charge in [-0.05, 0) is 59.4 Å². The molecule has 0 bridgehead atoms. The molecule has 1 unspecified atom stereocenters. The number of aliphatic carboxylic acids is 1. The zero-order chi connectivity index (χ0) is 26.7. The summed E-state index contributed by atoms with van der Waals surface area (Å²) in [5, 5.41) is 18.5. The van der Waals surface area contributed by atoms with E-state index in [-0.39, 0.29) is 29.9 Å². The van der Waals surface area contributed by atoms with E-state index in [4.69, 9.17) is 9.47 Å². The summed E-state index contributed by atoms with van der Waals surface area (Å²) in [7, 11) is 0. The van der Waals surface area contributed by atoms with Crippen LogP contribution in [0.2, 0.25) is 0 Å². The van der Waals surface area contributed by atoms with E-state index in [0.29, 0.717) is 34.6 Å². The van der Waals surface area contributed by atoms with Crippen molar-refractivity contribution in [3.63, 3.8) is 0 Å². The van der Waals surface area contributed by atoms with Crippen LogP contribution in [0, 0.1) is 18.7 Å². The molecule has 0 saturated carbocycles. The van der Waals surface area contributed by atoms with E-state index in [1.165, 1.54) is 24.3 Å². The third kappa shape index (κ3) is 5.61. The number of ether oxygens (including phenoxy) is 2. The van der Waals surface area contributed by atoms with Crippen molar-refractivity contribution < 1.29 is 42.0 Å². The molecule has 37 heavy (non-hydrogen) atoms. The lowest BCUT2D eigenvalue weighted by Gasteiger charge is -2.20. The van der Waals surface area contributed by atoms with E-state index >= 15 is 4.39 Å². The van der Waals surface area contributed by atoms with E-state index in [1.54, 1.807) is 37.3 Å². The Balaban J connectivity index is 1.71. The fourth-order valence-electron chi connectivity index (χ4n) is 4.24. The second-order valence-corrected chi connectivity index (χ2v) is 8.65. The molecular formula is C28H24F4O5. The summed E-state index contributed by atoms with van der Waals surface area (Å²) in [5.74, 6) is -2.61. The first-order valence-corrected chi connectivity index (χ1v) is 11.5. The van der Waals surface area contributed by atoms with E-state index < -0.39 is 36.1 Å². The molecule has 3 aromatic rings. The molecule has 0 aliphatic carbocycles. The molecule has 5 nitrogen and oxygen atoms in total. The van der Waals surface area contributed by atoms with Gasteiger partial charge in [0.25, 0.3) is 0 Å². The minimum atomic E-state index is -4.63. The van der Waals surface area contributed by atoms with Gasteiger partial charge in [0.05, 0.1) is 18.1 Å². The van der Waals surface area contributed by atoms with Crippen LogP contribution in [0.1, 0.15) is 27.8 Å². The standard InChI is InChI=1S/C28H24F4O5/c1-16-18(3-2-4-21(16)22-8-10-24-26(25(22)29)37-12-11-36-24)6-7-19-13-17(14-20(15-33)27(34)35)5-9-23(19)28(30,31)32/h2-10,13,20,33H,11-12,14-15H2,1H3,(H,34,35)/b7-6+. The average molecular weight is 516 g/mol. The Morgan fingerprint density at radius 1 is 1.03 bits per heavy atom. The van der Waals surface area contributed by atoms with Crippen LogP contribution in [-0.4, -0.2) is 36.0 Å². The number of carbonyl (C=O) groups is 1. The Hall–Kier alpha value is -3.85. The average Bonchev–Trinajstić information content (AvgIpc) is 2.86. The van der Waals surface area contributed by atoms with Crippen molar-refractivity contribution in [2.75, 3.05) is 19.8 Å². The predicted octanol–water partition coefficient (Wildman–Crippen LogP) is 6.00. The molecule has 0 spiro atoms. The van der Waals surface area contributed by atoms with Gasteiger partial charge in [-0.2, -0.15) is 13.2 Å². The largest absolute Gasteiger partial charge is 0.486 e. The van der Waals surface area contributed by atoms with Crippen LogP contribution >= 0.6 is 0 Å². The van der Waals surface area contributed by atoms with Crippen LogP contribution in [0.25, 0.3) is 23.3 Å². The van der Waals surface area contributed by atoms with Gasteiger partial charge in [-0.25, -0.2) is 4.39 Å². The van der Waals surface area contributed by atoms with Gasteiger partial charge in [0, 0.05) is 5.56 Å². The lowest BCUT2D eigenvalue weighted by molar-refractivity contribution is -0.143. The third-order valence-corrected chi connectivity index (χ3v) is 6.23. The summed E-state index contributed by atoms with van der Waals surface area (Å²) in [6, 6.07) is 11.7. The highest BCUT2D eigenvalue weighted by Gasteiger charge is 2.33. The quantitative estimate of drug-likeness (QED) is 0.298. The van der Waals surface area contributed by atoms with E-state index in [2.05, 4.69) is 0 Å². The van der Waals surface area contributed by atoms with Gasteiger partial charge in [-0.15, -0.1) is 0 Å². The van der Waals surface area contributed by atoms with E-state index in [1.807, 2.05) is 0 Å². The maximum Gasteiger partial charge on any atom is 0.416 e. The van der Waals surface area contributed by atoms with Gasteiger partial charge < -0.3 is 19.7 Å². The van der Waals surface area contributed by atoms with Crippen LogP contribution in [0.15, 0.2) is 48.5 Å². The number of alkyl halides is 3. The van der Waals surface area contributed by atoms with Crippen molar-refractivity contribution in [1.82, 2.24) is 0 Å². The number of carboxylic acids is 1. The van der Waals surface area contributed by atoms with Crippen molar-refractivity contribution >= 4 is 18.1 Å². The molecule has 0 fully saturated rings. The maximum atomic E-state index is 15.2. The normalized spacial score (nSPS) is 14.1. The Bertz CT molecular complexity index is 1350. The highest BCUT2D eigenvalue weighted by Crippen LogP contribution is 2.40. The molecule has 1 aliphatic heterocycles. The molecule has 9 heteroatoms. The lowest BCUT2D eigenvalue weighted by Crippen LogP contribution is -2.20. The third-order valence-electron chi connectivity index (χ3n) is 6.23. The monoisotopic (exact) mass is 516 g/mol. The van der Waals surface area contributed by atoms with Gasteiger partial charge in [-0.1, -0.05) is 42.5 Å². The van der Waals surface area contributed by atoms with Crippen molar-refractivity contribution in [2.24, 2.45) is 5.92 Å². The second-order valence-electron chi connectivity index (χ2n) is 8.65. The van der Waals surface area contributed by atoms with Crippen LogP contribution in [0.5, 0.6) is 11.5 Å². The first kappa shape index (κ1) is 26.2. The summed E-state index contributed by atoms with van der Waals surface area (Å²) in [6.07, 6.45) is -1.95. The second kappa shape index (κ2) is 10.6. The summed E-state index contributed by atoms with van der Waals surface area (Å²) in [4.78, 5) is 11.3. The van der Waals surface area contributed by atoms with Crippen LogP contribution in [0.3, 0.4) is 0 Å². The summed E-state index contributed by atoms with van der Waals surface area (Å²) in [6.45, 7) is 1.65. The fraction of sp³-hybridized carbons (Fsp3) is 0.250. The number of fused-ring (bicyclic) bond motifs is 1. The minimum absolute atomic E-state index is 0.0262. The zero-order valence-corrected chi connectivity index (χ0v) is 19.8. The highest BCUT2D eigenvalue weighted by molar-refractivity contribution is 5.79. The van der Waals surface area contributed by atoms with E-state index in [9.17, 15) is 28.2 Å².